The van der Waals surface area contributed by atoms with E-state index in [9.17, 15) is 5.11 Å². The van der Waals surface area contributed by atoms with E-state index in [-0.39, 0.29) is 5.75 Å². The van der Waals surface area contributed by atoms with E-state index in [4.69, 9.17) is 0 Å². The average molecular weight is 238 g/mol. The number of aromatic hydroxyl groups is 1. The minimum atomic E-state index is 0.289. The second-order valence-corrected chi connectivity index (χ2v) is 4.39. The van der Waals surface area contributed by atoms with Gasteiger partial charge in [-0.1, -0.05) is 56.0 Å². The summed E-state index contributed by atoms with van der Waals surface area (Å²) < 4.78 is 0. The maximum atomic E-state index is 9.69. The normalized spacial score (nSPS) is 12.1. The number of hydrogen-bond acceptors (Lipinski definition) is 1. The van der Waals surface area contributed by atoms with Crippen LogP contribution in [0.5, 0.6) is 5.75 Å². The highest BCUT2D eigenvalue weighted by atomic mass is 16.3. The zero-order valence-electron chi connectivity index (χ0n) is 10.6. The first-order valence-corrected chi connectivity index (χ1v) is 6.26. The first-order valence-electron chi connectivity index (χ1n) is 6.26. The molecule has 0 amide bonds. The lowest BCUT2D eigenvalue weighted by molar-refractivity contribution is 0.473. The van der Waals surface area contributed by atoms with Gasteiger partial charge >= 0.3 is 0 Å². The Labute approximate surface area is 108 Å². The second-order valence-electron chi connectivity index (χ2n) is 4.39. The number of hydrogen-bond donors (Lipinski definition) is 1. The quantitative estimate of drug-likeness (QED) is 0.826. The maximum Gasteiger partial charge on any atom is 0.122 e. The van der Waals surface area contributed by atoms with E-state index in [2.05, 4.69) is 37.8 Å². The Kier molecular flexibility index (Phi) is 3.83. The summed E-state index contributed by atoms with van der Waals surface area (Å²) in [5, 5.41) is 9.69. The summed E-state index contributed by atoms with van der Waals surface area (Å²) in [7, 11) is 0. The molecular formula is C17H18O. The molecule has 0 radical (unpaired) electrons. The summed E-state index contributed by atoms with van der Waals surface area (Å²) in [5.41, 5.74) is 3.32. The number of rotatable bonds is 4. The van der Waals surface area contributed by atoms with Crippen molar-refractivity contribution in [2.24, 2.45) is 0 Å². The van der Waals surface area contributed by atoms with Crippen LogP contribution >= 0.6 is 0 Å². The third-order valence-corrected chi connectivity index (χ3v) is 3.28. The Balaban J connectivity index is 2.42. The highest BCUT2D eigenvalue weighted by Crippen LogP contribution is 2.31. The van der Waals surface area contributed by atoms with Crippen LogP contribution in [0.25, 0.3) is 6.08 Å². The minimum absolute atomic E-state index is 0.289. The van der Waals surface area contributed by atoms with Crippen LogP contribution in [0.15, 0.2) is 55.1 Å². The predicted molar refractivity (Wildman–Crippen MR) is 76.8 cm³/mol. The molecule has 1 nitrogen and oxygen atoms in total. The van der Waals surface area contributed by atoms with E-state index < -0.39 is 0 Å². The highest BCUT2D eigenvalue weighted by Gasteiger charge is 2.12. The SMILES string of the molecule is C=Cc1cc(C(CC)c2ccccc2)ccc1O. The summed E-state index contributed by atoms with van der Waals surface area (Å²) in [6.07, 6.45) is 2.72. The maximum absolute atomic E-state index is 9.69. The van der Waals surface area contributed by atoms with Crippen molar-refractivity contribution in [2.75, 3.05) is 0 Å². The highest BCUT2D eigenvalue weighted by molar-refractivity contribution is 5.57. The molecule has 0 bridgehead atoms. The van der Waals surface area contributed by atoms with Gasteiger partial charge in [0.1, 0.15) is 5.75 Å². The lowest BCUT2D eigenvalue weighted by Crippen LogP contribution is -1.99. The molecule has 2 aromatic rings. The zero-order chi connectivity index (χ0) is 13.0. The molecule has 0 aliphatic rings. The van der Waals surface area contributed by atoms with Crippen LogP contribution < -0.4 is 0 Å². The van der Waals surface area contributed by atoms with Gasteiger partial charge in [-0.3, -0.25) is 0 Å². The third kappa shape index (κ3) is 2.45. The summed E-state index contributed by atoms with van der Waals surface area (Å²) in [6, 6.07) is 16.2. The smallest absolute Gasteiger partial charge is 0.122 e. The molecule has 0 heterocycles. The van der Waals surface area contributed by atoms with Crippen LogP contribution in [-0.4, -0.2) is 5.11 Å². The van der Waals surface area contributed by atoms with Crippen LogP contribution in [-0.2, 0) is 0 Å². The number of phenolic OH excluding ortho intramolecular Hbond substituents is 1. The number of benzene rings is 2. The fraction of sp³-hybridized carbons (Fsp3) is 0.176. The van der Waals surface area contributed by atoms with Gasteiger partial charge in [-0.25, -0.2) is 0 Å². The third-order valence-electron chi connectivity index (χ3n) is 3.28. The predicted octanol–water partition coefficient (Wildman–Crippen LogP) is 4.58. The van der Waals surface area contributed by atoms with Crippen molar-refractivity contribution >= 4 is 6.08 Å². The van der Waals surface area contributed by atoms with Crippen molar-refractivity contribution in [1.29, 1.82) is 0 Å². The Morgan fingerprint density at radius 2 is 1.83 bits per heavy atom. The van der Waals surface area contributed by atoms with Crippen molar-refractivity contribution in [3.05, 3.63) is 71.8 Å². The van der Waals surface area contributed by atoms with Gasteiger partial charge in [0.2, 0.25) is 0 Å². The van der Waals surface area contributed by atoms with Gasteiger partial charge in [-0.05, 0) is 29.7 Å². The van der Waals surface area contributed by atoms with Crippen LogP contribution in [0.3, 0.4) is 0 Å². The van der Waals surface area contributed by atoms with Crippen LogP contribution in [0.2, 0.25) is 0 Å². The van der Waals surface area contributed by atoms with Crippen molar-refractivity contribution in [1.82, 2.24) is 0 Å². The molecule has 0 aromatic heterocycles. The molecule has 1 N–H and O–H groups in total. The van der Waals surface area contributed by atoms with Crippen molar-refractivity contribution in [3.63, 3.8) is 0 Å². The molecular weight excluding hydrogens is 220 g/mol. The summed E-state index contributed by atoms with van der Waals surface area (Å²) in [4.78, 5) is 0. The van der Waals surface area contributed by atoms with Crippen LogP contribution in [0, 0.1) is 0 Å². The van der Waals surface area contributed by atoms with Gasteiger partial charge < -0.3 is 5.11 Å². The Bertz CT molecular complexity index is 529. The summed E-state index contributed by atoms with van der Waals surface area (Å²) in [6.45, 7) is 5.91. The molecule has 0 aliphatic carbocycles. The van der Waals surface area contributed by atoms with E-state index in [1.165, 1.54) is 11.1 Å². The van der Waals surface area contributed by atoms with E-state index in [0.717, 1.165) is 12.0 Å². The van der Waals surface area contributed by atoms with Crippen LogP contribution in [0.1, 0.15) is 36.0 Å². The standard InChI is InChI=1S/C17H18O/c1-3-13-12-15(10-11-17(13)18)16(4-2)14-8-6-5-7-9-14/h3,5-12,16,18H,1,4H2,2H3. The monoisotopic (exact) mass is 238 g/mol. The average Bonchev–Trinajstić information content (AvgIpc) is 2.42. The molecule has 1 heteroatoms. The largest absolute Gasteiger partial charge is 0.507 e. The van der Waals surface area contributed by atoms with E-state index in [1.807, 2.05) is 18.2 Å². The van der Waals surface area contributed by atoms with Crippen LogP contribution in [0.4, 0.5) is 0 Å². The minimum Gasteiger partial charge on any atom is -0.507 e. The molecule has 18 heavy (non-hydrogen) atoms. The molecule has 0 aliphatic heterocycles. The lowest BCUT2D eigenvalue weighted by atomic mass is 9.88. The molecule has 0 saturated carbocycles. The fourth-order valence-electron chi connectivity index (χ4n) is 2.30. The van der Waals surface area contributed by atoms with Crippen molar-refractivity contribution in [3.8, 4) is 5.75 Å². The zero-order valence-corrected chi connectivity index (χ0v) is 10.6. The first-order chi connectivity index (χ1) is 8.76. The number of phenols is 1. The molecule has 2 aromatic carbocycles. The Morgan fingerprint density at radius 1 is 1.11 bits per heavy atom. The van der Waals surface area contributed by atoms with E-state index in [1.54, 1.807) is 12.1 Å². The molecule has 92 valence electrons. The lowest BCUT2D eigenvalue weighted by Gasteiger charge is -2.17. The van der Waals surface area contributed by atoms with Gasteiger partial charge in [-0.15, -0.1) is 0 Å². The van der Waals surface area contributed by atoms with Crippen molar-refractivity contribution in [2.45, 2.75) is 19.3 Å². The van der Waals surface area contributed by atoms with Gasteiger partial charge in [0.05, 0.1) is 0 Å². The fourth-order valence-corrected chi connectivity index (χ4v) is 2.30. The van der Waals surface area contributed by atoms with Gasteiger partial charge in [0.25, 0.3) is 0 Å². The second kappa shape index (κ2) is 5.54. The van der Waals surface area contributed by atoms with E-state index in [0.29, 0.717) is 5.92 Å². The Hall–Kier alpha value is -2.02. The molecule has 1 atom stereocenters. The van der Waals surface area contributed by atoms with Gasteiger partial charge in [-0.2, -0.15) is 0 Å². The molecule has 1 unspecified atom stereocenters. The summed E-state index contributed by atoms with van der Waals surface area (Å²) in [5.74, 6) is 0.655. The van der Waals surface area contributed by atoms with Gasteiger partial charge in [0, 0.05) is 11.5 Å². The topological polar surface area (TPSA) is 20.2 Å². The molecule has 0 saturated heterocycles. The van der Waals surface area contributed by atoms with Gasteiger partial charge in [0.15, 0.2) is 0 Å². The first kappa shape index (κ1) is 12.4. The Morgan fingerprint density at radius 3 is 2.44 bits per heavy atom. The molecule has 2 rings (SSSR count). The van der Waals surface area contributed by atoms with Crippen molar-refractivity contribution < 1.29 is 5.11 Å². The molecule has 0 fully saturated rings. The molecule has 0 spiro atoms. The summed E-state index contributed by atoms with van der Waals surface area (Å²) >= 11 is 0. The van der Waals surface area contributed by atoms with E-state index >= 15 is 0 Å².